The van der Waals surface area contributed by atoms with Crippen LogP contribution in [0.4, 0.5) is 11.4 Å². The van der Waals surface area contributed by atoms with E-state index < -0.39 is 0 Å². The van der Waals surface area contributed by atoms with Crippen LogP contribution in [0, 0.1) is 5.92 Å². The van der Waals surface area contributed by atoms with Crippen molar-refractivity contribution >= 4 is 23.1 Å². The second-order valence-electron chi connectivity index (χ2n) is 5.82. The van der Waals surface area contributed by atoms with Gasteiger partial charge in [-0.2, -0.15) is 0 Å². The molecule has 0 saturated carbocycles. The van der Waals surface area contributed by atoms with Crippen molar-refractivity contribution in [3.05, 3.63) is 53.9 Å². The quantitative estimate of drug-likeness (QED) is 0.802. The maximum absolute atomic E-state index is 12.1. The van der Waals surface area contributed by atoms with E-state index in [1.54, 1.807) is 30.6 Å². The Balaban J connectivity index is 2.07. The highest BCUT2D eigenvalue weighted by Gasteiger charge is 2.08. The number of amides is 1. The number of hydrogen-bond donors (Lipinski definition) is 2. The minimum absolute atomic E-state index is 0.0297. The fourth-order valence-corrected chi connectivity index (χ4v) is 1.99. The van der Waals surface area contributed by atoms with Crippen molar-refractivity contribution in [2.45, 2.75) is 20.8 Å². The van der Waals surface area contributed by atoms with E-state index in [0.29, 0.717) is 23.6 Å². The summed E-state index contributed by atoms with van der Waals surface area (Å²) in [6, 6.07) is 8.92. The number of ketones is 1. The molecule has 1 aromatic carbocycles. The van der Waals surface area contributed by atoms with Gasteiger partial charge in [0.25, 0.3) is 5.91 Å². The van der Waals surface area contributed by atoms with Crippen molar-refractivity contribution < 1.29 is 9.59 Å². The fraction of sp³-hybridized carbons (Fsp3) is 0.278. The number of pyridine rings is 1. The maximum atomic E-state index is 12.1. The molecule has 0 spiro atoms. The smallest absolute Gasteiger partial charge is 0.252 e. The fourth-order valence-electron chi connectivity index (χ4n) is 1.99. The predicted octanol–water partition coefficient (Wildman–Crippen LogP) is 3.41. The highest BCUT2D eigenvalue weighted by Crippen LogP contribution is 2.17. The first-order valence-corrected chi connectivity index (χ1v) is 7.57. The zero-order valence-electron chi connectivity index (χ0n) is 13.6. The monoisotopic (exact) mass is 311 g/mol. The summed E-state index contributed by atoms with van der Waals surface area (Å²) in [5, 5.41) is 6.04. The Hall–Kier alpha value is -2.69. The molecule has 0 fully saturated rings. The van der Waals surface area contributed by atoms with Gasteiger partial charge in [0.1, 0.15) is 0 Å². The molecular formula is C18H21N3O2. The van der Waals surface area contributed by atoms with E-state index in [4.69, 9.17) is 0 Å². The third kappa shape index (κ3) is 4.92. The van der Waals surface area contributed by atoms with Crippen molar-refractivity contribution in [1.82, 2.24) is 10.3 Å². The van der Waals surface area contributed by atoms with Gasteiger partial charge in [-0.05, 0) is 43.2 Å². The molecular weight excluding hydrogens is 290 g/mol. The van der Waals surface area contributed by atoms with Crippen molar-refractivity contribution in [2.75, 3.05) is 11.9 Å². The predicted molar refractivity (Wildman–Crippen MR) is 91.1 cm³/mol. The second kappa shape index (κ2) is 7.54. The van der Waals surface area contributed by atoms with Gasteiger partial charge in [0, 0.05) is 24.0 Å². The van der Waals surface area contributed by atoms with Crippen LogP contribution in [0.1, 0.15) is 41.5 Å². The molecule has 5 nitrogen and oxygen atoms in total. The Bertz CT molecular complexity index is 694. The first-order chi connectivity index (χ1) is 11.0. The number of anilines is 2. The van der Waals surface area contributed by atoms with Gasteiger partial charge in [-0.3, -0.25) is 14.6 Å². The maximum Gasteiger partial charge on any atom is 0.252 e. The number of benzene rings is 1. The summed E-state index contributed by atoms with van der Waals surface area (Å²) < 4.78 is 0. The first-order valence-electron chi connectivity index (χ1n) is 7.57. The van der Waals surface area contributed by atoms with Crippen LogP contribution in [0.15, 0.2) is 42.7 Å². The van der Waals surface area contributed by atoms with Gasteiger partial charge < -0.3 is 10.6 Å². The minimum Gasteiger partial charge on any atom is -0.354 e. The summed E-state index contributed by atoms with van der Waals surface area (Å²) in [6.07, 6.45) is 3.19. The molecule has 1 amide bonds. The molecule has 1 aromatic heterocycles. The molecule has 0 unspecified atom stereocenters. The van der Waals surface area contributed by atoms with E-state index in [1.165, 1.54) is 6.92 Å². The number of Topliss-reactive ketones (excluding diaryl/α,β-unsaturated/α-hetero) is 1. The molecule has 2 N–H and O–H groups in total. The molecule has 0 atom stereocenters. The minimum atomic E-state index is -0.137. The lowest BCUT2D eigenvalue weighted by Gasteiger charge is -2.10. The van der Waals surface area contributed by atoms with E-state index in [1.807, 2.05) is 26.0 Å². The zero-order valence-corrected chi connectivity index (χ0v) is 13.6. The van der Waals surface area contributed by atoms with Crippen LogP contribution in [0.25, 0.3) is 0 Å². The molecule has 2 aromatic rings. The molecule has 0 aliphatic rings. The number of carbonyl (C=O) groups is 2. The third-order valence-electron chi connectivity index (χ3n) is 3.25. The third-order valence-corrected chi connectivity index (χ3v) is 3.25. The van der Waals surface area contributed by atoms with Crippen LogP contribution >= 0.6 is 0 Å². The Morgan fingerprint density at radius 2 is 1.74 bits per heavy atom. The number of nitrogens with one attached hydrogen (secondary N) is 2. The van der Waals surface area contributed by atoms with Crippen molar-refractivity contribution in [1.29, 1.82) is 0 Å². The van der Waals surface area contributed by atoms with Gasteiger partial charge in [-0.25, -0.2) is 0 Å². The van der Waals surface area contributed by atoms with Crippen molar-refractivity contribution in [2.24, 2.45) is 5.92 Å². The van der Waals surface area contributed by atoms with Crippen molar-refractivity contribution in [3.8, 4) is 0 Å². The molecule has 0 saturated heterocycles. The van der Waals surface area contributed by atoms with Gasteiger partial charge in [0.15, 0.2) is 5.78 Å². The van der Waals surface area contributed by atoms with Crippen LogP contribution in [-0.2, 0) is 0 Å². The lowest BCUT2D eigenvalue weighted by atomic mass is 10.1. The Kier molecular flexibility index (Phi) is 5.46. The summed E-state index contributed by atoms with van der Waals surface area (Å²) in [6.45, 7) is 6.25. The summed E-state index contributed by atoms with van der Waals surface area (Å²) in [4.78, 5) is 27.4. The molecule has 2 rings (SSSR count). The zero-order chi connectivity index (χ0) is 16.8. The summed E-state index contributed by atoms with van der Waals surface area (Å²) in [7, 11) is 0. The van der Waals surface area contributed by atoms with Gasteiger partial charge >= 0.3 is 0 Å². The normalized spacial score (nSPS) is 10.4. The summed E-state index contributed by atoms with van der Waals surface area (Å²) in [5.74, 6) is 0.289. The summed E-state index contributed by atoms with van der Waals surface area (Å²) >= 11 is 0. The average molecular weight is 311 g/mol. The molecule has 0 aliphatic heterocycles. The number of carbonyl (C=O) groups excluding carboxylic acids is 2. The van der Waals surface area contributed by atoms with Crippen LogP contribution in [0.2, 0.25) is 0 Å². The number of hydrogen-bond acceptors (Lipinski definition) is 4. The van der Waals surface area contributed by atoms with Crippen molar-refractivity contribution in [3.63, 3.8) is 0 Å². The van der Waals surface area contributed by atoms with E-state index in [0.717, 1.165) is 11.4 Å². The van der Waals surface area contributed by atoms with Crippen LogP contribution in [0.5, 0.6) is 0 Å². The van der Waals surface area contributed by atoms with Crippen LogP contribution in [0.3, 0.4) is 0 Å². The van der Waals surface area contributed by atoms with Crippen LogP contribution in [-0.4, -0.2) is 23.2 Å². The van der Waals surface area contributed by atoms with E-state index in [-0.39, 0.29) is 11.7 Å². The highest BCUT2D eigenvalue weighted by atomic mass is 16.1. The SMILES string of the molecule is CC(=O)c1ccc(Nc2cncc(C(=O)NCC(C)C)c2)cc1. The highest BCUT2D eigenvalue weighted by molar-refractivity contribution is 5.95. The number of aromatic nitrogens is 1. The van der Waals surface area contributed by atoms with E-state index >= 15 is 0 Å². The van der Waals surface area contributed by atoms with Gasteiger partial charge in [-0.1, -0.05) is 13.8 Å². The van der Waals surface area contributed by atoms with E-state index in [9.17, 15) is 9.59 Å². The molecule has 23 heavy (non-hydrogen) atoms. The van der Waals surface area contributed by atoms with Gasteiger partial charge in [-0.15, -0.1) is 0 Å². The Morgan fingerprint density at radius 3 is 2.35 bits per heavy atom. The molecule has 0 radical (unpaired) electrons. The number of rotatable bonds is 6. The topological polar surface area (TPSA) is 71.1 Å². The standard InChI is InChI=1S/C18H21N3O2/c1-12(2)9-20-18(23)15-8-17(11-19-10-15)21-16-6-4-14(5-7-16)13(3)22/h4-8,10-12,21H,9H2,1-3H3,(H,20,23). The average Bonchev–Trinajstić information content (AvgIpc) is 2.53. The largest absolute Gasteiger partial charge is 0.354 e. The molecule has 0 bridgehead atoms. The lowest BCUT2D eigenvalue weighted by Crippen LogP contribution is -2.27. The molecule has 1 heterocycles. The van der Waals surface area contributed by atoms with E-state index in [2.05, 4.69) is 15.6 Å². The summed E-state index contributed by atoms with van der Waals surface area (Å²) in [5.41, 5.74) is 2.72. The Labute approximate surface area is 136 Å². The molecule has 0 aliphatic carbocycles. The second-order valence-corrected chi connectivity index (χ2v) is 5.82. The number of nitrogens with zero attached hydrogens (tertiary/aromatic N) is 1. The molecule has 5 heteroatoms. The van der Waals surface area contributed by atoms with Gasteiger partial charge in [0.05, 0.1) is 17.4 Å². The first kappa shape index (κ1) is 16.7. The van der Waals surface area contributed by atoms with Gasteiger partial charge in [0.2, 0.25) is 0 Å². The lowest BCUT2D eigenvalue weighted by molar-refractivity contribution is 0.0947. The molecule has 120 valence electrons. The Morgan fingerprint density at radius 1 is 1.04 bits per heavy atom. The van der Waals surface area contributed by atoms with Crippen LogP contribution < -0.4 is 10.6 Å².